The summed E-state index contributed by atoms with van der Waals surface area (Å²) >= 11 is 0. The second-order valence-corrected chi connectivity index (χ2v) is 5.56. The Morgan fingerprint density at radius 1 is 1.00 bits per heavy atom. The van der Waals surface area contributed by atoms with Gasteiger partial charge < -0.3 is 19.9 Å². The molecule has 2 N–H and O–H groups in total. The van der Waals surface area contributed by atoms with E-state index in [4.69, 9.17) is 14.6 Å². The van der Waals surface area contributed by atoms with Crippen LogP contribution >= 0.6 is 0 Å². The Balaban J connectivity index is 2.23. The fourth-order valence-corrected chi connectivity index (χ4v) is 2.55. The molecule has 1 unspecified atom stereocenters. The summed E-state index contributed by atoms with van der Waals surface area (Å²) in [6.07, 6.45) is -0.203. The molecule has 0 spiro atoms. The van der Waals surface area contributed by atoms with E-state index in [-0.39, 0.29) is 12.3 Å². The normalized spacial score (nSPS) is 11.5. The van der Waals surface area contributed by atoms with Crippen molar-refractivity contribution in [3.05, 3.63) is 59.7 Å². The largest absolute Gasteiger partial charge is 0.490 e. The highest BCUT2D eigenvalue weighted by Crippen LogP contribution is 2.29. The molecule has 0 fully saturated rings. The van der Waals surface area contributed by atoms with Gasteiger partial charge in [-0.3, -0.25) is 9.59 Å². The molecule has 0 heterocycles. The second kappa shape index (κ2) is 9.46. The van der Waals surface area contributed by atoms with Crippen molar-refractivity contribution in [1.29, 1.82) is 0 Å². The molecular formula is C20H23NO5. The first kappa shape index (κ1) is 19.3. The van der Waals surface area contributed by atoms with Crippen molar-refractivity contribution in [3.63, 3.8) is 0 Å². The summed E-state index contributed by atoms with van der Waals surface area (Å²) in [5, 5.41) is 11.9. The molecule has 0 aliphatic rings. The summed E-state index contributed by atoms with van der Waals surface area (Å²) < 4.78 is 11.0. The van der Waals surface area contributed by atoms with E-state index in [1.54, 1.807) is 42.5 Å². The molecule has 2 aromatic carbocycles. The zero-order valence-electron chi connectivity index (χ0n) is 14.9. The third kappa shape index (κ3) is 5.24. The zero-order chi connectivity index (χ0) is 18.9. The number of ether oxygens (including phenoxy) is 2. The van der Waals surface area contributed by atoms with Crippen LogP contribution < -0.4 is 14.8 Å². The Kier molecular flexibility index (Phi) is 7.02. The van der Waals surface area contributed by atoms with Crippen LogP contribution in [0.1, 0.15) is 42.2 Å². The van der Waals surface area contributed by atoms with Crippen LogP contribution in [-0.4, -0.2) is 30.2 Å². The van der Waals surface area contributed by atoms with Gasteiger partial charge in [0.05, 0.1) is 25.7 Å². The van der Waals surface area contributed by atoms with E-state index in [0.29, 0.717) is 30.3 Å². The fraction of sp³-hybridized carbons (Fsp3) is 0.300. The highest BCUT2D eigenvalue weighted by molar-refractivity contribution is 5.95. The number of amides is 1. The minimum absolute atomic E-state index is 0.203. The second-order valence-electron chi connectivity index (χ2n) is 5.56. The van der Waals surface area contributed by atoms with Crippen molar-refractivity contribution in [1.82, 2.24) is 5.32 Å². The Hall–Kier alpha value is -3.02. The van der Waals surface area contributed by atoms with E-state index in [0.717, 1.165) is 5.56 Å². The third-order valence-electron chi connectivity index (χ3n) is 3.69. The van der Waals surface area contributed by atoms with E-state index >= 15 is 0 Å². The number of hydrogen-bond acceptors (Lipinski definition) is 4. The van der Waals surface area contributed by atoms with Gasteiger partial charge in [-0.25, -0.2) is 0 Å². The Morgan fingerprint density at radius 2 is 1.65 bits per heavy atom. The first-order chi connectivity index (χ1) is 12.5. The van der Waals surface area contributed by atoms with E-state index in [1.165, 1.54) is 0 Å². The monoisotopic (exact) mass is 357 g/mol. The van der Waals surface area contributed by atoms with E-state index < -0.39 is 12.0 Å². The lowest BCUT2D eigenvalue weighted by Crippen LogP contribution is -2.30. The van der Waals surface area contributed by atoms with Gasteiger partial charge in [-0.05, 0) is 37.6 Å². The Morgan fingerprint density at radius 3 is 2.27 bits per heavy atom. The summed E-state index contributed by atoms with van der Waals surface area (Å²) in [6, 6.07) is 13.3. The van der Waals surface area contributed by atoms with Crippen LogP contribution in [-0.2, 0) is 4.79 Å². The van der Waals surface area contributed by atoms with E-state index in [2.05, 4.69) is 5.32 Å². The minimum Gasteiger partial charge on any atom is -0.490 e. The van der Waals surface area contributed by atoms with Crippen molar-refractivity contribution >= 4 is 11.9 Å². The van der Waals surface area contributed by atoms with Crippen LogP contribution in [0.15, 0.2) is 48.5 Å². The Labute approximate surface area is 152 Å². The maximum absolute atomic E-state index is 12.6. The first-order valence-electron chi connectivity index (χ1n) is 8.52. The van der Waals surface area contributed by atoms with Gasteiger partial charge >= 0.3 is 5.97 Å². The number of hydrogen-bond donors (Lipinski definition) is 2. The summed E-state index contributed by atoms with van der Waals surface area (Å²) in [4.78, 5) is 23.8. The number of rotatable bonds is 9. The van der Waals surface area contributed by atoms with Gasteiger partial charge in [0.2, 0.25) is 0 Å². The maximum Gasteiger partial charge on any atom is 0.305 e. The predicted molar refractivity (Wildman–Crippen MR) is 97.7 cm³/mol. The molecule has 1 atom stereocenters. The highest BCUT2D eigenvalue weighted by atomic mass is 16.5. The van der Waals surface area contributed by atoms with Crippen molar-refractivity contribution in [2.24, 2.45) is 0 Å². The number of nitrogens with one attached hydrogen (secondary N) is 1. The molecule has 6 nitrogen and oxygen atoms in total. The predicted octanol–water partition coefficient (Wildman–Crippen LogP) is 3.43. The van der Waals surface area contributed by atoms with Gasteiger partial charge in [-0.2, -0.15) is 0 Å². The summed E-state index contributed by atoms with van der Waals surface area (Å²) in [6.45, 7) is 4.64. The lowest BCUT2D eigenvalue weighted by atomic mass is 10.0. The van der Waals surface area contributed by atoms with Gasteiger partial charge in [0.15, 0.2) is 11.5 Å². The molecule has 0 aromatic heterocycles. The maximum atomic E-state index is 12.6. The average Bonchev–Trinajstić information content (AvgIpc) is 2.63. The van der Waals surface area contributed by atoms with Crippen LogP contribution in [0.4, 0.5) is 0 Å². The molecule has 2 aromatic rings. The molecule has 0 radical (unpaired) electrons. The lowest BCUT2D eigenvalue weighted by Gasteiger charge is -2.18. The van der Waals surface area contributed by atoms with Crippen LogP contribution in [0, 0.1) is 0 Å². The lowest BCUT2D eigenvalue weighted by molar-refractivity contribution is -0.137. The van der Waals surface area contributed by atoms with Crippen molar-refractivity contribution < 1.29 is 24.2 Å². The molecule has 0 saturated heterocycles. The molecule has 0 aliphatic heterocycles. The molecular weight excluding hydrogens is 334 g/mol. The summed E-state index contributed by atoms with van der Waals surface area (Å²) in [7, 11) is 0. The zero-order valence-corrected chi connectivity index (χ0v) is 14.9. The molecule has 0 aliphatic carbocycles. The van der Waals surface area contributed by atoms with Gasteiger partial charge in [0, 0.05) is 5.56 Å². The van der Waals surface area contributed by atoms with Gasteiger partial charge in [0.1, 0.15) is 0 Å². The molecule has 6 heteroatoms. The number of carboxylic acid groups (broad SMARTS) is 1. The SMILES string of the molecule is CCOc1ccc(C(=O)NC(CC(=O)O)c2ccccc2)cc1OCC. The molecule has 1 amide bonds. The third-order valence-corrected chi connectivity index (χ3v) is 3.69. The van der Waals surface area contributed by atoms with E-state index in [1.807, 2.05) is 19.9 Å². The fourth-order valence-electron chi connectivity index (χ4n) is 2.55. The van der Waals surface area contributed by atoms with E-state index in [9.17, 15) is 9.59 Å². The quantitative estimate of drug-likeness (QED) is 0.718. The highest BCUT2D eigenvalue weighted by Gasteiger charge is 2.20. The van der Waals surface area contributed by atoms with Crippen LogP contribution in [0.5, 0.6) is 11.5 Å². The van der Waals surface area contributed by atoms with Crippen LogP contribution in [0.2, 0.25) is 0 Å². The first-order valence-corrected chi connectivity index (χ1v) is 8.52. The van der Waals surface area contributed by atoms with Crippen molar-refractivity contribution in [3.8, 4) is 11.5 Å². The van der Waals surface area contributed by atoms with Crippen LogP contribution in [0.3, 0.4) is 0 Å². The number of carboxylic acids is 1. The topological polar surface area (TPSA) is 84.9 Å². The molecule has 2 rings (SSSR count). The number of benzene rings is 2. The van der Waals surface area contributed by atoms with Gasteiger partial charge in [0.25, 0.3) is 5.91 Å². The molecule has 0 saturated carbocycles. The van der Waals surface area contributed by atoms with Crippen molar-refractivity contribution in [2.75, 3.05) is 13.2 Å². The summed E-state index contributed by atoms with van der Waals surface area (Å²) in [5.74, 6) is -0.308. The molecule has 0 bridgehead atoms. The van der Waals surface area contributed by atoms with Gasteiger partial charge in [-0.15, -0.1) is 0 Å². The Bertz CT molecular complexity index is 745. The van der Waals surface area contributed by atoms with Crippen LogP contribution in [0.25, 0.3) is 0 Å². The van der Waals surface area contributed by atoms with Crippen molar-refractivity contribution in [2.45, 2.75) is 26.3 Å². The smallest absolute Gasteiger partial charge is 0.305 e. The minimum atomic E-state index is -0.985. The molecule has 138 valence electrons. The molecule has 26 heavy (non-hydrogen) atoms. The average molecular weight is 357 g/mol. The summed E-state index contributed by atoms with van der Waals surface area (Å²) in [5.41, 5.74) is 1.11. The number of carbonyl (C=O) groups excluding carboxylic acids is 1. The number of aliphatic carboxylic acids is 1. The number of carbonyl (C=O) groups is 2. The van der Waals surface area contributed by atoms with Gasteiger partial charge in [-0.1, -0.05) is 30.3 Å². The standard InChI is InChI=1S/C20H23NO5/c1-3-25-17-11-10-15(12-18(17)26-4-2)20(24)21-16(13-19(22)23)14-8-6-5-7-9-14/h5-12,16H,3-4,13H2,1-2H3,(H,21,24)(H,22,23).